The van der Waals surface area contributed by atoms with Crippen molar-refractivity contribution >= 4 is 54.0 Å². The van der Waals surface area contributed by atoms with Gasteiger partial charge in [-0.2, -0.15) is 0 Å². The summed E-state index contributed by atoms with van der Waals surface area (Å²) in [5.41, 5.74) is 1.50. The predicted molar refractivity (Wildman–Crippen MR) is 177 cm³/mol. The molecule has 2 unspecified atom stereocenters. The molecular formula is C32H40N6O8Si. The van der Waals surface area contributed by atoms with E-state index in [0.717, 1.165) is 0 Å². The molecule has 0 saturated carbocycles. The monoisotopic (exact) mass is 664 g/mol. The highest BCUT2D eigenvalue weighted by Crippen LogP contribution is 2.39. The molecule has 2 aliphatic rings. The van der Waals surface area contributed by atoms with Gasteiger partial charge in [-0.3, -0.25) is 48.1 Å². The van der Waals surface area contributed by atoms with Gasteiger partial charge in [0, 0.05) is 26.9 Å². The van der Waals surface area contributed by atoms with Crippen molar-refractivity contribution in [3.63, 3.8) is 0 Å². The Kier molecular flexibility index (Phi) is 8.55. The summed E-state index contributed by atoms with van der Waals surface area (Å²) < 4.78 is 12.1. The third-order valence-electron chi connectivity index (χ3n) is 9.36. The number of phenolic OH excluding ortho intramolecular Hbond substituents is 1. The number of para-hydroxylation sites is 2. The summed E-state index contributed by atoms with van der Waals surface area (Å²) in [6, 6.07) is 8.87. The van der Waals surface area contributed by atoms with Crippen LogP contribution in [0.3, 0.4) is 0 Å². The Hall–Kier alpha value is -4.92. The molecule has 47 heavy (non-hydrogen) atoms. The number of carbonyl (C=O) groups excluding carboxylic acids is 4. The second kappa shape index (κ2) is 12.0. The minimum atomic E-state index is -2.10. The van der Waals surface area contributed by atoms with Crippen LogP contribution in [0.2, 0.25) is 18.1 Å². The highest BCUT2D eigenvalue weighted by atomic mass is 28.4. The number of aryl methyl sites for hydroxylation is 2. The van der Waals surface area contributed by atoms with Crippen molar-refractivity contribution in [3.05, 3.63) is 57.4 Å². The zero-order valence-electron chi connectivity index (χ0n) is 27.5. The first-order chi connectivity index (χ1) is 21.9. The molecule has 250 valence electrons. The maximum Gasteiger partial charge on any atom is 0.329 e. The van der Waals surface area contributed by atoms with Gasteiger partial charge < -0.3 is 9.53 Å². The average Bonchev–Trinajstić information content (AvgIpc) is 3.38. The van der Waals surface area contributed by atoms with E-state index in [9.17, 15) is 33.9 Å². The Morgan fingerprint density at radius 3 is 1.66 bits per heavy atom. The number of hydrogen-bond acceptors (Lipinski definition) is 8. The predicted octanol–water partition coefficient (Wildman–Crippen LogP) is 2.72. The minimum absolute atomic E-state index is 0.0141. The first kappa shape index (κ1) is 33.4. The number of benzene rings is 2. The summed E-state index contributed by atoms with van der Waals surface area (Å²) in [4.78, 5) is 72.2. The largest absolute Gasteiger partial charge is 0.542 e. The zero-order chi connectivity index (χ0) is 34.6. The number of nitrogens with one attached hydrogen (secondary N) is 2. The quantitative estimate of drug-likeness (QED) is 0.220. The first-order valence-corrected chi connectivity index (χ1v) is 18.3. The molecule has 3 N–H and O–H groups in total. The standard InChI is InChI=1S/C19H27N3O4Si.C13H13N3O4/c1-19(2,3)27(5,6)26-14-9-7-8-12-16(14)21(4)18(25)22(12)13-10-11-15(23)20-17(13)24;1-15-11-7(3-2-4-9(11)17)16(13(15)20)8-5-6-10(18)14-12(8)19/h7-9,13H,10-11H2,1-6H3,(H,20,23,24);2-4,8,17H,5-6H2,1H3,(H,14,18,19). The molecule has 4 heterocycles. The summed E-state index contributed by atoms with van der Waals surface area (Å²) in [7, 11) is 1.12. The molecule has 0 aliphatic carbocycles. The first-order valence-electron chi connectivity index (χ1n) is 15.4. The summed E-state index contributed by atoms with van der Waals surface area (Å²) in [6.45, 7) is 10.8. The topological polar surface area (TPSA) is 176 Å². The second-order valence-corrected chi connectivity index (χ2v) is 18.2. The van der Waals surface area contributed by atoms with Gasteiger partial charge in [-0.25, -0.2) is 9.59 Å². The van der Waals surface area contributed by atoms with E-state index in [0.29, 0.717) is 34.2 Å². The van der Waals surface area contributed by atoms with E-state index in [1.165, 1.54) is 31.4 Å². The van der Waals surface area contributed by atoms with Crippen molar-refractivity contribution in [3.8, 4) is 11.5 Å². The Morgan fingerprint density at radius 2 is 1.19 bits per heavy atom. The molecule has 4 aromatic rings. The molecule has 14 nitrogen and oxygen atoms in total. The molecule has 2 aromatic carbocycles. The number of nitrogens with zero attached hydrogens (tertiary/aromatic N) is 4. The van der Waals surface area contributed by atoms with Crippen LogP contribution in [0.4, 0.5) is 0 Å². The van der Waals surface area contributed by atoms with Crippen molar-refractivity contribution in [2.75, 3.05) is 0 Å². The van der Waals surface area contributed by atoms with Crippen LogP contribution in [0.25, 0.3) is 22.1 Å². The van der Waals surface area contributed by atoms with Crippen LogP contribution < -0.4 is 26.4 Å². The Morgan fingerprint density at radius 1 is 0.745 bits per heavy atom. The van der Waals surface area contributed by atoms with Crippen molar-refractivity contribution in [1.82, 2.24) is 28.9 Å². The van der Waals surface area contributed by atoms with Gasteiger partial charge in [0.25, 0.3) is 8.32 Å². The van der Waals surface area contributed by atoms with E-state index >= 15 is 0 Å². The lowest BCUT2D eigenvalue weighted by Crippen LogP contribution is -2.44. The third-order valence-corrected chi connectivity index (χ3v) is 13.7. The van der Waals surface area contributed by atoms with Gasteiger partial charge in [0.1, 0.15) is 34.6 Å². The van der Waals surface area contributed by atoms with Gasteiger partial charge in [-0.05, 0) is 55.2 Å². The zero-order valence-corrected chi connectivity index (χ0v) is 28.5. The molecule has 0 spiro atoms. The molecule has 6 rings (SSSR count). The third kappa shape index (κ3) is 5.90. The lowest BCUT2D eigenvalue weighted by Gasteiger charge is -2.36. The van der Waals surface area contributed by atoms with Crippen LogP contribution in [0.1, 0.15) is 58.5 Å². The van der Waals surface area contributed by atoms with E-state index < -0.39 is 37.9 Å². The number of aromatic hydroxyl groups is 1. The van der Waals surface area contributed by atoms with E-state index in [2.05, 4.69) is 44.5 Å². The SMILES string of the molecule is Cn1c(=O)n(C2CCC(=O)NC2=O)c2cccc(O)c21.Cn1c(=O)n(C2CCC(=O)NC2=O)c2cccc(O[Si](C)(C)C(C)(C)C)c21. The lowest BCUT2D eigenvalue weighted by molar-refractivity contribution is -0.137. The number of carbonyl (C=O) groups is 4. The van der Waals surface area contributed by atoms with Crippen LogP contribution in [0, 0.1) is 0 Å². The summed E-state index contributed by atoms with van der Waals surface area (Å²) in [6.07, 6.45) is 1.01. The van der Waals surface area contributed by atoms with Gasteiger partial charge in [-0.15, -0.1) is 0 Å². The fraction of sp³-hybridized carbons (Fsp3) is 0.438. The minimum Gasteiger partial charge on any atom is -0.542 e. The number of rotatable bonds is 4. The number of piperidine rings is 2. The molecule has 2 atom stereocenters. The fourth-order valence-electron chi connectivity index (χ4n) is 5.79. The molecule has 2 saturated heterocycles. The number of phenols is 1. The number of imide groups is 2. The van der Waals surface area contributed by atoms with Gasteiger partial charge in [0.15, 0.2) is 0 Å². The second-order valence-electron chi connectivity index (χ2n) is 13.5. The molecule has 0 bridgehead atoms. The highest BCUT2D eigenvalue weighted by molar-refractivity contribution is 6.74. The van der Waals surface area contributed by atoms with Crippen molar-refractivity contribution < 1.29 is 28.7 Å². The van der Waals surface area contributed by atoms with Crippen LogP contribution in [-0.4, -0.2) is 55.3 Å². The van der Waals surface area contributed by atoms with E-state index in [-0.39, 0.29) is 47.6 Å². The number of imidazole rings is 2. The smallest absolute Gasteiger partial charge is 0.329 e. The molecule has 0 radical (unpaired) electrons. The molecule has 2 aromatic heterocycles. The van der Waals surface area contributed by atoms with Crippen molar-refractivity contribution in [1.29, 1.82) is 0 Å². The maximum absolute atomic E-state index is 12.9. The highest BCUT2D eigenvalue weighted by Gasteiger charge is 2.40. The van der Waals surface area contributed by atoms with E-state index in [1.807, 2.05) is 18.2 Å². The van der Waals surface area contributed by atoms with Gasteiger partial charge in [0.05, 0.1) is 11.0 Å². The van der Waals surface area contributed by atoms with E-state index in [1.54, 1.807) is 19.2 Å². The summed E-state index contributed by atoms with van der Waals surface area (Å²) in [5.74, 6) is -0.914. The Balaban J connectivity index is 0.000000193. The van der Waals surface area contributed by atoms with Crippen LogP contribution in [0.5, 0.6) is 11.5 Å². The lowest BCUT2D eigenvalue weighted by atomic mass is 10.1. The Labute approximate surface area is 271 Å². The number of amides is 4. The number of hydrogen-bond donors (Lipinski definition) is 3. The van der Waals surface area contributed by atoms with Crippen LogP contribution in [-0.2, 0) is 33.3 Å². The number of fused-ring (bicyclic) bond motifs is 2. The number of aromatic nitrogens is 4. The van der Waals surface area contributed by atoms with E-state index in [4.69, 9.17) is 4.43 Å². The van der Waals surface area contributed by atoms with Crippen LogP contribution >= 0.6 is 0 Å². The van der Waals surface area contributed by atoms with Crippen molar-refractivity contribution in [2.45, 2.75) is 76.7 Å². The molecular weight excluding hydrogens is 624 g/mol. The van der Waals surface area contributed by atoms with Gasteiger partial charge in [-0.1, -0.05) is 32.9 Å². The van der Waals surface area contributed by atoms with Gasteiger partial charge in [0.2, 0.25) is 23.6 Å². The summed E-state index contributed by atoms with van der Waals surface area (Å²) in [5, 5.41) is 14.4. The fourth-order valence-corrected chi connectivity index (χ4v) is 6.81. The summed E-state index contributed by atoms with van der Waals surface area (Å²) >= 11 is 0. The molecule has 15 heteroatoms. The molecule has 2 fully saturated rings. The van der Waals surface area contributed by atoms with Gasteiger partial charge >= 0.3 is 11.4 Å². The molecule has 4 amide bonds. The normalized spacial score (nSPS) is 19.0. The average molecular weight is 665 g/mol. The molecule has 2 aliphatic heterocycles. The Bertz CT molecular complexity index is 2060. The van der Waals surface area contributed by atoms with Crippen molar-refractivity contribution in [2.24, 2.45) is 14.1 Å². The van der Waals surface area contributed by atoms with Crippen LogP contribution in [0.15, 0.2) is 46.0 Å². The maximum atomic E-state index is 12.9.